The van der Waals surface area contributed by atoms with Gasteiger partial charge in [-0.05, 0) is 125 Å². The molecular weight excluding hydrogens is 889 g/mol. The number of aryl methyl sites for hydroxylation is 2. The van der Waals surface area contributed by atoms with Crippen molar-refractivity contribution in [2.45, 2.75) is 217 Å². The Kier molecular flexibility index (Phi) is 20.1. The number of hydrogen-bond acceptors (Lipinski definition) is 17. The lowest BCUT2D eigenvalue weighted by Crippen LogP contribution is -2.61. The highest BCUT2D eigenvalue weighted by Crippen LogP contribution is 2.40. The van der Waals surface area contributed by atoms with E-state index in [0.717, 1.165) is 37.2 Å². The maximum atomic E-state index is 14.5. The summed E-state index contributed by atoms with van der Waals surface area (Å²) in [6.07, 6.45) is -3.34. The third-order valence-corrected chi connectivity index (χ3v) is 15.5. The molecule has 2 aromatic rings. The molecule has 0 bridgehead atoms. The number of likely N-dealkylation sites (N-methyl/N-ethyl adjacent to an activating group) is 2. The summed E-state index contributed by atoms with van der Waals surface area (Å²) in [5.41, 5.74) is 4.19. The number of ether oxygens (including phenoxy) is 6. The van der Waals surface area contributed by atoms with Crippen LogP contribution in [0, 0.1) is 17.8 Å². The van der Waals surface area contributed by atoms with E-state index in [9.17, 15) is 30.3 Å². The lowest BCUT2D eigenvalue weighted by Gasteiger charge is -2.49. The molecule has 5 rings (SSSR count). The van der Waals surface area contributed by atoms with Gasteiger partial charge >= 0.3 is 5.97 Å². The number of nitrogen functional groups attached to an aromatic ring is 1. The minimum absolute atomic E-state index is 0.110. The van der Waals surface area contributed by atoms with Gasteiger partial charge in [-0.25, -0.2) is 0 Å². The number of carbonyl (C=O) groups is 1. The van der Waals surface area contributed by atoms with Gasteiger partial charge in [0, 0.05) is 69.5 Å². The van der Waals surface area contributed by atoms with Crippen LogP contribution >= 0.6 is 0 Å². The summed E-state index contributed by atoms with van der Waals surface area (Å²) in [5, 5.41) is 68.4. The number of rotatable bonds is 15. The summed E-state index contributed by atoms with van der Waals surface area (Å²) in [7, 11) is 5.31. The van der Waals surface area contributed by atoms with Gasteiger partial charge in [0.15, 0.2) is 12.6 Å². The Balaban J connectivity index is 1.40. The molecule has 0 radical (unpaired) electrons. The van der Waals surface area contributed by atoms with E-state index in [4.69, 9.17) is 34.2 Å². The van der Waals surface area contributed by atoms with Crippen molar-refractivity contribution in [3.05, 3.63) is 41.7 Å². The first-order valence-corrected chi connectivity index (χ1v) is 25.3. The molecule has 0 aliphatic carbocycles. The second-order valence-corrected chi connectivity index (χ2v) is 21.6. The molecule has 18 atom stereocenters. The van der Waals surface area contributed by atoms with Gasteiger partial charge in [0.05, 0.1) is 47.2 Å². The number of hydrogen-bond donors (Lipinski definition) is 6. The number of esters is 1. The third kappa shape index (κ3) is 14.2. The average molecular weight is 977 g/mol. The average Bonchev–Trinajstić information content (AvgIpc) is 3.76. The monoisotopic (exact) mass is 977 g/mol. The molecule has 3 aliphatic heterocycles. The lowest BCUT2D eigenvalue weighted by atomic mass is 9.77. The molecule has 4 heterocycles. The fraction of sp³-hybridized carbons (Fsp3) is 0.824. The first-order chi connectivity index (χ1) is 32.3. The number of aromatic nitrogens is 3. The Labute approximate surface area is 411 Å². The van der Waals surface area contributed by atoms with Crippen molar-refractivity contribution in [3.8, 4) is 0 Å². The molecule has 0 spiro atoms. The van der Waals surface area contributed by atoms with Crippen LogP contribution in [0.4, 0.5) is 5.69 Å². The predicted molar refractivity (Wildman–Crippen MR) is 261 cm³/mol. The molecule has 3 aliphatic rings. The Morgan fingerprint density at radius 1 is 0.942 bits per heavy atom. The maximum absolute atomic E-state index is 14.5. The molecule has 1 aromatic heterocycles. The van der Waals surface area contributed by atoms with Crippen molar-refractivity contribution in [1.29, 1.82) is 0 Å². The van der Waals surface area contributed by atoms with Gasteiger partial charge in [-0.3, -0.25) is 9.48 Å². The van der Waals surface area contributed by atoms with Gasteiger partial charge in [0.2, 0.25) is 0 Å². The second-order valence-electron chi connectivity index (χ2n) is 21.6. The number of anilines is 1. The molecule has 18 heteroatoms. The zero-order valence-electron chi connectivity index (χ0n) is 43.7. The topological polar surface area (TPSA) is 237 Å². The van der Waals surface area contributed by atoms with Crippen LogP contribution in [0.15, 0.2) is 30.5 Å². The van der Waals surface area contributed by atoms with Gasteiger partial charge in [-0.15, -0.1) is 5.10 Å². The number of nitrogens with zero attached hydrogens (tertiary/aromatic N) is 5. The summed E-state index contributed by atoms with van der Waals surface area (Å²) in [6.45, 7) is 19.4. The normalized spacial score (nSPS) is 40.3. The van der Waals surface area contributed by atoms with Gasteiger partial charge in [-0.1, -0.05) is 38.1 Å². The highest BCUT2D eigenvalue weighted by molar-refractivity contribution is 5.73. The van der Waals surface area contributed by atoms with E-state index in [2.05, 4.69) is 27.3 Å². The van der Waals surface area contributed by atoms with Crippen molar-refractivity contribution >= 4 is 11.7 Å². The predicted octanol–water partition coefficient (Wildman–Crippen LogP) is 3.71. The number of aliphatic hydroxyl groups excluding tert-OH is 3. The molecule has 0 saturated carbocycles. The van der Waals surface area contributed by atoms with Gasteiger partial charge < -0.3 is 69.5 Å². The molecule has 3 fully saturated rings. The van der Waals surface area contributed by atoms with E-state index in [1.54, 1.807) is 41.5 Å². The number of benzene rings is 1. The minimum atomic E-state index is -1.83. The zero-order chi connectivity index (χ0) is 51.2. The molecule has 394 valence electrons. The number of aliphatic hydroxyl groups is 5. The van der Waals surface area contributed by atoms with Gasteiger partial charge in [0.1, 0.15) is 30.0 Å². The second kappa shape index (κ2) is 24.2. The smallest absolute Gasteiger partial charge is 0.311 e. The van der Waals surface area contributed by atoms with Gasteiger partial charge in [0.25, 0.3) is 0 Å². The SMILES string of the molecule is CC[C@H]1OC(=O)[C@H](C)[C@@H](OC2C[C@@](C)(OC)[C@@H](O)[C@H](C)O2)[C@H](C)[C@@H](O[C@@H]2O[C@H](C)C[C@H](N(C)CCc3cn(CCCCc4ccc(N)cc4)nn3)[C@H]2O)[C@](C)(O)C[C@@H](C)CN(C)[C@H](C)[C@@H](O)[C@]1(C)O. The molecule has 1 aromatic carbocycles. The third-order valence-electron chi connectivity index (χ3n) is 15.5. The minimum Gasteiger partial charge on any atom is -0.459 e. The Morgan fingerprint density at radius 2 is 1.62 bits per heavy atom. The van der Waals surface area contributed by atoms with E-state index >= 15 is 0 Å². The summed E-state index contributed by atoms with van der Waals surface area (Å²) < 4.78 is 40.2. The number of carbonyl (C=O) groups excluding carboxylic acids is 1. The van der Waals surface area contributed by atoms with Crippen molar-refractivity contribution in [2.24, 2.45) is 17.8 Å². The molecular formula is C51H88N6O12. The summed E-state index contributed by atoms with van der Waals surface area (Å²) in [6, 6.07) is 7.02. The first kappa shape index (κ1) is 57.1. The van der Waals surface area contributed by atoms with E-state index < -0.39 is 96.0 Å². The standard InChI is InChI=1S/C51H88N6O12/c1-14-40-51(10,63)44(59)34(6)56(12)28-30(2)26-49(8,62)46(32(4)43(33(5)47(61)67-40)68-41-27-50(9,64-13)45(60)35(7)66-41)69-48-42(58)39(25-31(3)65-48)55(11)24-22-38-29-57(54-53-38)23-16-15-17-36-18-20-37(52)21-19-36/h18-21,29-35,39-46,48,58-60,62-63H,14-17,22-28,52H2,1-13H3/t30-,31-,32+,33-,34-,35+,39+,40-,41?,42-,43+,44-,45+,46-,48+,49-,50-,51-/m1/s1. The Hall–Kier alpha value is -2.85. The van der Waals surface area contributed by atoms with E-state index in [1.807, 2.05) is 62.8 Å². The van der Waals surface area contributed by atoms with Crippen molar-refractivity contribution in [1.82, 2.24) is 24.8 Å². The van der Waals surface area contributed by atoms with Crippen molar-refractivity contribution in [3.63, 3.8) is 0 Å². The van der Waals surface area contributed by atoms with Crippen LogP contribution in [-0.2, 0) is 52.6 Å². The van der Waals surface area contributed by atoms with Crippen LogP contribution < -0.4 is 5.73 Å². The van der Waals surface area contributed by atoms with Crippen LogP contribution in [0.25, 0.3) is 0 Å². The Morgan fingerprint density at radius 3 is 2.28 bits per heavy atom. The molecule has 1 unspecified atom stereocenters. The van der Waals surface area contributed by atoms with Crippen LogP contribution in [0.5, 0.6) is 0 Å². The first-order valence-electron chi connectivity index (χ1n) is 25.3. The van der Waals surface area contributed by atoms with Crippen LogP contribution in [0.1, 0.15) is 119 Å². The highest BCUT2D eigenvalue weighted by atomic mass is 16.7. The molecule has 69 heavy (non-hydrogen) atoms. The largest absolute Gasteiger partial charge is 0.459 e. The summed E-state index contributed by atoms with van der Waals surface area (Å²) in [4.78, 5) is 18.5. The van der Waals surface area contributed by atoms with E-state index in [1.165, 1.54) is 19.6 Å². The summed E-state index contributed by atoms with van der Waals surface area (Å²) >= 11 is 0. The number of unbranched alkanes of at least 4 members (excludes halogenated alkanes) is 1. The van der Waals surface area contributed by atoms with Gasteiger partial charge in [-0.2, -0.15) is 0 Å². The quantitative estimate of drug-likeness (QED) is 0.0848. The van der Waals surface area contributed by atoms with Crippen molar-refractivity contribution < 1.29 is 58.7 Å². The molecule has 18 nitrogen and oxygen atoms in total. The maximum Gasteiger partial charge on any atom is 0.311 e. The lowest BCUT2D eigenvalue weighted by molar-refractivity contribution is -0.318. The van der Waals surface area contributed by atoms with Crippen LogP contribution in [0.2, 0.25) is 0 Å². The van der Waals surface area contributed by atoms with Crippen LogP contribution in [-0.4, -0.2) is 181 Å². The summed E-state index contributed by atoms with van der Waals surface area (Å²) in [5.74, 6) is -2.73. The van der Waals surface area contributed by atoms with Crippen molar-refractivity contribution in [2.75, 3.05) is 40.0 Å². The molecule has 0 amide bonds. The van der Waals surface area contributed by atoms with E-state index in [0.29, 0.717) is 25.9 Å². The molecule has 7 N–H and O–H groups in total. The molecule has 3 saturated heterocycles. The fourth-order valence-electron chi connectivity index (χ4n) is 11.0. The Bertz CT molecular complexity index is 1890. The zero-order valence-corrected chi connectivity index (χ0v) is 43.7. The number of cyclic esters (lactones) is 1. The number of nitrogens with two attached hydrogens (primary N) is 1. The highest BCUT2D eigenvalue weighted by Gasteiger charge is 2.53. The van der Waals surface area contributed by atoms with E-state index in [-0.39, 0.29) is 37.3 Å². The number of methoxy groups -OCH3 is 1. The fourth-order valence-corrected chi connectivity index (χ4v) is 11.0. The van der Waals surface area contributed by atoms with Crippen LogP contribution in [0.3, 0.4) is 0 Å².